The number of pyridine rings is 1. The molecule has 3 aromatic heterocycles. The lowest BCUT2D eigenvalue weighted by Crippen LogP contribution is -2.26. The fourth-order valence-electron chi connectivity index (χ4n) is 2.10. The summed E-state index contributed by atoms with van der Waals surface area (Å²) in [5.74, 6) is 0.616. The van der Waals surface area contributed by atoms with E-state index in [2.05, 4.69) is 15.3 Å². The van der Waals surface area contributed by atoms with Gasteiger partial charge in [0, 0.05) is 44.1 Å². The van der Waals surface area contributed by atoms with E-state index in [0.717, 1.165) is 22.1 Å². The molecular formula is C15H18ClN5OS. The number of amides is 1. The molecule has 0 aliphatic rings. The fourth-order valence-corrected chi connectivity index (χ4v) is 2.89. The monoisotopic (exact) mass is 351 g/mol. The fraction of sp³-hybridized carbons (Fsp3) is 0.267. The van der Waals surface area contributed by atoms with Crippen molar-refractivity contribution in [3.8, 4) is 0 Å². The molecule has 0 aliphatic heterocycles. The van der Waals surface area contributed by atoms with Gasteiger partial charge < -0.3 is 14.3 Å². The van der Waals surface area contributed by atoms with E-state index in [1.54, 1.807) is 24.2 Å². The van der Waals surface area contributed by atoms with Crippen molar-refractivity contribution in [1.29, 1.82) is 0 Å². The van der Waals surface area contributed by atoms with E-state index >= 15 is 0 Å². The number of halogens is 1. The Morgan fingerprint density at radius 3 is 2.91 bits per heavy atom. The predicted molar refractivity (Wildman–Crippen MR) is 93.4 cm³/mol. The maximum absolute atomic E-state index is 12.1. The Balaban J connectivity index is 0.00000192. The number of carbonyl (C=O) groups is 1. The van der Waals surface area contributed by atoms with E-state index in [1.807, 2.05) is 47.5 Å². The van der Waals surface area contributed by atoms with Crippen LogP contribution < -0.4 is 5.32 Å². The second-order valence-corrected chi connectivity index (χ2v) is 6.09. The van der Waals surface area contributed by atoms with Crippen LogP contribution in [-0.4, -0.2) is 37.1 Å². The molecule has 3 rings (SSSR count). The summed E-state index contributed by atoms with van der Waals surface area (Å²) in [6.07, 6.45) is 7.37. The van der Waals surface area contributed by atoms with Crippen LogP contribution in [0.3, 0.4) is 0 Å². The summed E-state index contributed by atoms with van der Waals surface area (Å²) >= 11 is 1.61. The van der Waals surface area contributed by atoms with Gasteiger partial charge in [-0.2, -0.15) is 0 Å². The lowest BCUT2D eigenvalue weighted by atomic mass is 10.3. The van der Waals surface area contributed by atoms with Gasteiger partial charge in [0.1, 0.15) is 11.3 Å². The van der Waals surface area contributed by atoms with Crippen LogP contribution in [0.2, 0.25) is 0 Å². The van der Waals surface area contributed by atoms with Gasteiger partial charge in [-0.05, 0) is 18.6 Å². The average molecular weight is 352 g/mol. The van der Waals surface area contributed by atoms with Gasteiger partial charge in [0.05, 0.1) is 0 Å². The maximum atomic E-state index is 12.1. The molecule has 1 amide bonds. The van der Waals surface area contributed by atoms with Crippen molar-refractivity contribution in [2.24, 2.45) is 7.05 Å². The largest absolute Gasteiger partial charge is 0.350 e. The van der Waals surface area contributed by atoms with E-state index in [0.29, 0.717) is 12.2 Å². The van der Waals surface area contributed by atoms with Crippen molar-refractivity contribution in [1.82, 2.24) is 24.3 Å². The molecule has 0 atom stereocenters. The molecule has 0 fully saturated rings. The highest BCUT2D eigenvalue weighted by molar-refractivity contribution is 7.99. The molecule has 0 spiro atoms. The second kappa shape index (κ2) is 7.52. The van der Waals surface area contributed by atoms with Crippen LogP contribution in [0, 0.1) is 6.92 Å². The predicted octanol–water partition coefficient (Wildman–Crippen LogP) is 2.32. The third-order valence-electron chi connectivity index (χ3n) is 3.23. The lowest BCUT2D eigenvalue weighted by molar-refractivity contribution is 0.0952. The van der Waals surface area contributed by atoms with Gasteiger partial charge in [0.2, 0.25) is 0 Å². The Hall–Kier alpha value is -1.99. The molecule has 0 aromatic carbocycles. The van der Waals surface area contributed by atoms with Crippen molar-refractivity contribution in [3.63, 3.8) is 0 Å². The maximum Gasteiger partial charge on any atom is 0.271 e. The quantitative estimate of drug-likeness (QED) is 0.566. The highest BCUT2D eigenvalue weighted by atomic mass is 35.5. The molecule has 8 heteroatoms. The van der Waals surface area contributed by atoms with Crippen molar-refractivity contribution in [3.05, 3.63) is 48.2 Å². The Morgan fingerprint density at radius 2 is 2.17 bits per heavy atom. The molecule has 0 saturated heterocycles. The molecule has 3 heterocycles. The Bertz CT molecular complexity index is 813. The summed E-state index contributed by atoms with van der Waals surface area (Å²) in [5.41, 5.74) is 2.34. The Kier molecular flexibility index (Phi) is 5.68. The molecule has 0 radical (unpaired) electrons. The van der Waals surface area contributed by atoms with Crippen LogP contribution in [0.25, 0.3) is 5.65 Å². The average Bonchev–Trinajstić information content (AvgIpc) is 3.09. The Morgan fingerprint density at radius 1 is 1.35 bits per heavy atom. The van der Waals surface area contributed by atoms with Crippen LogP contribution in [0.1, 0.15) is 16.1 Å². The number of nitrogens with one attached hydrogen (secondary N) is 1. The number of thioether (sulfide) groups is 1. The van der Waals surface area contributed by atoms with Crippen molar-refractivity contribution < 1.29 is 4.79 Å². The van der Waals surface area contributed by atoms with E-state index < -0.39 is 0 Å². The van der Waals surface area contributed by atoms with E-state index in [4.69, 9.17) is 0 Å². The number of hydrogen-bond donors (Lipinski definition) is 1. The molecule has 0 saturated carbocycles. The third-order valence-corrected chi connectivity index (χ3v) is 4.29. The van der Waals surface area contributed by atoms with E-state index in [-0.39, 0.29) is 18.3 Å². The van der Waals surface area contributed by atoms with E-state index in [1.165, 1.54) is 0 Å². The molecule has 0 aliphatic carbocycles. The van der Waals surface area contributed by atoms with Crippen molar-refractivity contribution in [2.45, 2.75) is 12.1 Å². The minimum absolute atomic E-state index is 0. The van der Waals surface area contributed by atoms with Gasteiger partial charge in [0.15, 0.2) is 5.16 Å². The first kappa shape index (κ1) is 17.4. The SMILES string of the molecule is Cc1ccc2nc(C(=O)NCCSc3nccn3C)cn2c1.Cl. The third kappa shape index (κ3) is 4.05. The summed E-state index contributed by atoms with van der Waals surface area (Å²) < 4.78 is 3.82. The number of fused-ring (bicyclic) bond motifs is 1. The number of carbonyl (C=O) groups excluding carboxylic acids is 1. The normalized spacial score (nSPS) is 10.5. The highest BCUT2D eigenvalue weighted by Gasteiger charge is 2.10. The number of rotatable bonds is 5. The lowest BCUT2D eigenvalue weighted by Gasteiger charge is -2.03. The highest BCUT2D eigenvalue weighted by Crippen LogP contribution is 2.13. The topological polar surface area (TPSA) is 64.2 Å². The van der Waals surface area contributed by atoms with Gasteiger partial charge in [-0.25, -0.2) is 9.97 Å². The number of imidazole rings is 2. The Labute approximate surface area is 144 Å². The van der Waals surface area contributed by atoms with Crippen molar-refractivity contribution in [2.75, 3.05) is 12.3 Å². The molecule has 1 N–H and O–H groups in total. The van der Waals surface area contributed by atoms with Crippen LogP contribution in [0.15, 0.2) is 42.1 Å². The van der Waals surface area contributed by atoms with Crippen LogP contribution in [0.4, 0.5) is 0 Å². The summed E-state index contributed by atoms with van der Waals surface area (Å²) in [4.78, 5) is 20.7. The minimum Gasteiger partial charge on any atom is -0.350 e. The molecular weight excluding hydrogens is 334 g/mol. The van der Waals surface area contributed by atoms with Crippen LogP contribution in [0.5, 0.6) is 0 Å². The molecule has 6 nitrogen and oxygen atoms in total. The smallest absolute Gasteiger partial charge is 0.271 e. The zero-order chi connectivity index (χ0) is 15.5. The molecule has 122 valence electrons. The summed E-state index contributed by atoms with van der Waals surface area (Å²) in [7, 11) is 1.95. The van der Waals surface area contributed by atoms with Gasteiger partial charge in [-0.3, -0.25) is 4.79 Å². The van der Waals surface area contributed by atoms with Gasteiger partial charge >= 0.3 is 0 Å². The number of hydrogen-bond acceptors (Lipinski definition) is 4. The zero-order valence-electron chi connectivity index (χ0n) is 12.9. The van der Waals surface area contributed by atoms with Crippen LogP contribution >= 0.6 is 24.2 Å². The summed E-state index contributed by atoms with van der Waals surface area (Å²) in [6, 6.07) is 3.89. The molecule has 0 unspecified atom stereocenters. The first-order valence-corrected chi connectivity index (χ1v) is 7.96. The van der Waals surface area contributed by atoms with Crippen LogP contribution in [-0.2, 0) is 7.05 Å². The zero-order valence-corrected chi connectivity index (χ0v) is 14.5. The number of aromatic nitrogens is 4. The molecule has 0 bridgehead atoms. The van der Waals surface area contributed by atoms with Gasteiger partial charge in [0.25, 0.3) is 5.91 Å². The van der Waals surface area contributed by atoms with E-state index in [9.17, 15) is 4.79 Å². The van der Waals surface area contributed by atoms with Crippen molar-refractivity contribution >= 4 is 35.7 Å². The standard InChI is InChI=1S/C15H17N5OS.ClH/c1-11-3-4-13-18-12(10-20(13)9-11)14(21)16-6-8-22-15-17-5-7-19(15)2;/h3-5,7,9-10H,6,8H2,1-2H3,(H,16,21);1H. The molecule has 23 heavy (non-hydrogen) atoms. The summed E-state index contributed by atoms with van der Waals surface area (Å²) in [5, 5.41) is 3.83. The summed E-state index contributed by atoms with van der Waals surface area (Å²) in [6.45, 7) is 2.58. The first-order valence-electron chi connectivity index (χ1n) is 6.97. The molecule has 3 aromatic rings. The number of nitrogens with zero attached hydrogens (tertiary/aromatic N) is 4. The number of aryl methyl sites for hydroxylation is 2. The van der Waals surface area contributed by atoms with Gasteiger partial charge in [-0.15, -0.1) is 12.4 Å². The van der Waals surface area contributed by atoms with Gasteiger partial charge in [-0.1, -0.05) is 17.8 Å². The second-order valence-electron chi connectivity index (χ2n) is 5.02. The first-order chi connectivity index (χ1) is 10.6. The minimum atomic E-state index is -0.151.